The highest BCUT2D eigenvalue weighted by molar-refractivity contribution is 8.00. The fraction of sp³-hybridized carbons (Fsp3) is 0.533. The summed E-state index contributed by atoms with van der Waals surface area (Å²) in [7, 11) is 0. The van der Waals surface area contributed by atoms with Crippen LogP contribution in [-0.4, -0.2) is 32.5 Å². The van der Waals surface area contributed by atoms with Gasteiger partial charge in [0.1, 0.15) is 6.33 Å². The lowest BCUT2D eigenvalue weighted by molar-refractivity contribution is -0.120. The van der Waals surface area contributed by atoms with E-state index in [1.54, 1.807) is 17.7 Å². The Balaban J connectivity index is 1.87. The molecule has 0 aliphatic rings. The largest absolute Gasteiger partial charge is 0.355 e. The molecule has 0 spiro atoms. The first-order valence-electron chi connectivity index (χ1n) is 7.41. The molecule has 0 aliphatic carbocycles. The summed E-state index contributed by atoms with van der Waals surface area (Å²) < 4.78 is 2.01. The van der Waals surface area contributed by atoms with Crippen LogP contribution in [0.2, 0.25) is 0 Å². The molecule has 0 saturated heterocycles. The van der Waals surface area contributed by atoms with Crippen LogP contribution in [0.1, 0.15) is 25.6 Å². The van der Waals surface area contributed by atoms with Crippen molar-refractivity contribution in [2.75, 3.05) is 6.54 Å². The number of carbonyl (C=O) groups is 1. The fourth-order valence-corrected chi connectivity index (χ4v) is 3.41. The van der Waals surface area contributed by atoms with E-state index in [2.05, 4.69) is 46.9 Å². The van der Waals surface area contributed by atoms with E-state index in [4.69, 9.17) is 0 Å². The number of amides is 1. The molecule has 0 fully saturated rings. The summed E-state index contributed by atoms with van der Waals surface area (Å²) in [6, 6.07) is 4.19. The van der Waals surface area contributed by atoms with Crippen molar-refractivity contribution < 1.29 is 4.79 Å². The molecule has 0 aliphatic heterocycles. The van der Waals surface area contributed by atoms with Crippen LogP contribution >= 0.6 is 23.1 Å². The molecule has 2 rings (SSSR count). The maximum absolute atomic E-state index is 12.0. The molecule has 0 saturated carbocycles. The van der Waals surface area contributed by atoms with Gasteiger partial charge in [0.05, 0.1) is 5.25 Å². The summed E-state index contributed by atoms with van der Waals surface area (Å²) in [6.45, 7) is 7.60. The summed E-state index contributed by atoms with van der Waals surface area (Å²) in [5.74, 6) is 0.502. The highest BCUT2D eigenvalue weighted by Crippen LogP contribution is 2.21. The van der Waals surface area contributed by atoms with Crippen LogP contribution < -0.4 is 5.32 Å². The number of aromatic nitrogens is 3. The Kier molecular flexibility index (Phi) is 6.45. The monoisotopic (exact) mass is 338 g/mol. The maximum Gasteiger partial charge on any atom is 0.233 e. The van der Waals surface area contributed by atoms with E-state index in [0.29, 0.717) is 12.5 Å². The molecule has 0 aromatic carbocycles. The molecule has 120 valence electrons. The van der Waals surface area contributed by atoms with Gasteiger partial charge in [-0.25, -0.2) is 0 Å². The van der Waals surface area contributed by atoms with Gasteiger partial charge in [-0.3, -0.25) is 4.79 Å². The summed E-state index contributed by atoms with van der Waals surface area (Å²) in [6.07, 6.45) is 2.69. The van der Waals surface area contributed by atoms with E-state index in [1.807, 2.05) is 11.5 Å². The molecule has 2 aromatic heterocycles. The number of thiophene rings is 1. The minimum atomic E-state index is -0.177. The number of nitrogens with one attached hydrogen (secondary N) is 1. The Morgan fingerprint density at radius 2 is 2.27 bits per heavy atom. The van der Waals surface area contributed by atoms with Gasteiger partial charge in [-0.1, -0.05) is 31.7 Å². The third-order valence-electron chi connectivity index (χ3n) is 3.10. The topological polar surface area (TPSA) is 59.8 Å². The van der Waals surface area contributed by atoms with Crippen molar-refractivity contribution in [1.29, 1.82) is 0 Å². The van der Waals surface area contributed by atoms with Gasteiger partial charge in [-0.15, -0.1) is 21.5 Å². The lowest BCUT2D eigenvalue weighted by Gasteiger charge is -2.13. The Bertz CT molecular complexity index is 580. The average molecular weight is 339 g/mol. The van der Waals surface area contributed by atoms with E-state index >= 15 is 0 Å². The molecular weight excluding hydrogens is 316 g/mol. The standard InChI is InChI=1S/C15H22N4OS2/c1-11(2)9-16-14(20)12(3)22-15-18-17-10-19(15)7-6-13-5-4-8-21-13/h4-5,8,10-12H,6-7,9H2,1-3H3,(H,16,20). The van der Waals surface area contributed by atoms with Crippen LogP contribution in [0, 0.1) is 5.92 Å². The molecule has 2 aromatic rings. The van der Waals surface area contributed by atoms with Crippen molar-refractivity contribution in [1.82, 2.24) is 20.1 Å². The first kappa shape index (κ1) is 17.0. The van der Waals surface area contributed by atoms with Crippen molar-refractivity contribution in [2.45, 2.75) is 44.1 Å². The van der Waals surface area contributed by atoms with E-state index in [9.17, 15) is 4.79 Å². The summed E-state index contributed by atoms with van der Waals surface area (Å²) in [5.41, 5.74) is 0. The molecule has 7 heteroatoms. The second-order valence-corrected chi connectivity index (χ2v) is 7.88. The van der Waals surface area contributed by atoms with Crippen LogP contribution in [0.15, 0.2) is 29.0 Å². The minimum Gasteiger partial charge on any atom is -0.355 e. The molecule has 0 bridgehead atoms. The Labute approximate surface area is 139 Å². The number of hydrogen-bond donors (Lipinski definition) is 1. The van der Waals surface area contributed by atoms with E-state index in [-0.39, 0.29) is 11.2 Å². The van der Waals surface area contributed by atoms with Crippen molar-refractivity contribution in [2.24, 2.45) is 5.92 Å². The Morgan fingerprint density at radius 3 is 2.95 bits per heavy atom. The van der Waals surface area contributed by atoms with Gasteiger partial charge >= 0.3 is 0 Å². The van der Waals surface area contributed by atoms with Crippen molar-refractivity contribution in [3.8, 4) is 0 Å². The van der Waals surface area contributed by atoms with Gasteiger partial charge in [-0.05, 0) is 30.7 Å². The highest BCUT2D eigenvalue weighted by atomic mass is 32.2. The smallest absolute Gasteiger partial charge is 0.233 e. The Morgan fingerprint density at radius 1 is 1.45 bits per heavy atom. The minimum absolute atomic E-state index is 0.0477. The van der Waals surface area contributed by atoms with Gasteiger partial charge in [-0.2, -0.15) is 0 Å². The van der Waals surface area contributed by atoms with Crippen LogP contribution in [0.5, 0.6) is 0 Å². The maximum atomic E-state index is 12.0. The van der Waals surface area contributed by atoms with Gasteiger partial charge in [0.2, 0.25) is 5.91 Å². The van der Waals surface area contributed by atoms with E-state index in [1.165, 1.54) is 16.6 Å². The third-order valence-corrected chi connectivity index (χ3v) is 5.13. The molecule has 22 heavy (non-hydrogen) atoms. The lowest BCUT2D eigenvalue weighted by Crippen LogP contribution is -2.33. The first-order valence-corrected chi connectivity index (χ1v) is 9.16. The first-order chi connectivity index (χ1) is 10.6. The zero-order valence-electron chi connectivity index (χ0n) is 13.2. The molecule has 0 radical (unpaired) electrons. The second-order valence-electron chi connectivity index (χ2n) is 5.54. The summed E-state index contributed by atoms with van der Waals surface area (Å²) in [5, 5.41) is 13.8. The molecule has 1 unspecified atom stereocenters. The number of nitrogens with zero attached hydrogens (tertiary/aromatic N) is 3. The SMILES string of the molecule is CC(C)CNC(=O)C(C)Sc1nncn1CCc1cccs1. The van der Waals surface area contributed by atoms with Crippen molar-refractivity contribution in [3.63, 3.8) is 0 Å². The summed E-state index contributed by atoms with van der Waals surface area (Å²) >= 11 is 3.21. The molecular formula is C15H22N4OS2. The van der Waals surface area contributed by atoms with Crippen LogP contribution in [0.25, 0.3) is 0 Å². The van der Waals surface area contributed by atoms with Crippen LogP contribution in [-0.2, 0) is 17.8 Å². The van der Waals surface area contributed by atoms with Gasteiger partial charge in [0, 0.05) is 18.0 Å². The van der Waals surface area contributed by atoms with Gasteiger partial charge < -0.3 is 9.88 Å². The molecule has 1 amide bonds. The number of thioether (sulfide) groups is 1. The number of rotatable bonds is 8. The number of aryl methyl sites for hydroxylation is 2. The quantitative estimate of drug-likeness (QED) is 0.752. The molecule has 2 heterocycles. The highest BCUT2D eigenvalue weighted by Gasteiger charge is 2.17. The fourth-order valence-electron chi connectivity index (χ4n) is 1.83. The van der Waals surface area contributed by atoms with E-state index in [0.717, 1.165) is 18.1 Å². The molecule has 5 nitrogen and oxygen atoms in total. The lowest BCUT2D eigenvalue weighted by atomic mass is 10.2. The van der Waals surface area contributed by atoms with Crippen molar-refractivity contribution >= 4 is 29.0 Å². The zero-order chi connectivity index (χ0) is 15.9. The predicted molar refractivity (Wildman–Crippen MR) is 91.2 cm³/mol. The Hall–Kier alpha value is -1.34. The van der Waals surface area contributed by atoms with Gasteiger partial charge in [0.25, 0.3) is 0 Å². The van der Waals surface area contributed by atoms with E-state index < -0.39 is 0 Å². The second kappa shape index (κ2) is 8.33. The molecule has 1 N–H and O–H groups in total. The van der Waals surface area contributed by atoms with Gasteiger partial charge in [0.15, 0.2) is 5.16 Å². The van der Waals surface area contributed by atoms with Crippen LogP contribution in [0.3, 0.4) is 0 Å². The third kappa shape index (κ3) is 5.14. The zero-order valence-corrected chi connectivity index (χ0v) is 14.8. The number of carbonyl (C=O) groups excluding carboxylic acids is 1. The number of hydrogen-bond acceptors (Lipinski definition) is 5. The summed E-state index contributed by atoms with van der Waals surface area (Å²) in [4.78, 5) is 13.4. The normalized spacial score (nSPS) is 12.5. The van der Waals surface area contributed by atoms with Crippen LogP contribution in [0.4, 0.5) is 0 Å². The van der Waals surface area contributed by atoms with Crippen molar-refractivity contribution in [3.05, 3.63) is 28.7 Å². The molecule has 1 atom stereocenters. The predicted octanol–water partition coefficient (Wildman–Crippen LogP) is 2.84. The average Bonchev–Trinajstić information content (AvgIpc) is 3.13.